The molecule has 2 nitrogen and oxygen atoms in total. The first-order chi connectivity index (χ1) is 6.24. The van der Waals surface area contributed by atoms with Crippen molar-refractivity contribution in [1.29, 1.82) is 0 Å². The second-order valence-electron chi connectivity index (χ2n) is 4.11. The van der Waals surface area contributed by atoms with Crippen LogP contribution in [0.5, 0.6) is 0 Å². The van der Waals surface area contributed by atoms with Crippen molar-refractivity contribution in [2.75, 3.05) is 39.2 Å². The van der Waals surface area contributed by atoms with Crippen molar-refractivity contribution in [3.8, 4) is 0 Å². The van der Waals surface area contributed by atoms with Crippen LogP contribution in [0.4, 0.5) is 0 Å². The Hall–Kier alpha value is 0.270. The first-order valence-electron chi connectivity index (χ1n) is 5.13. The van der Waals surface area contributed by atoms with Gasteiger partial charge in [-0.05, 0) is 39.9 Å². The van der Waals surface area contributed by atoms with Crippen LogP contribution in [0.2, 0.25) is 0 Å². The third kappa shape index (κ3) is 4.89. The molecule has 1 aliphatic rings. The van der Waals surface area contributed by atoms with Crippen molar-refractivity contribution < 1.29 is 0 Å². The molecule has 0 aliphatic heterocycles. The SMILES string of the molecule is CNC(CSCCN(C)C)C1CC1. The molecular weight excluding hydrogens is 180 g/mol. The zero-order chi connectivity index (χ0) is 9.68. The Bertz CT molecular complexity index is 135. The number of rotatable bonds is 7. The third-order valence-electron chi connectivity index (χ3n) is 2.54. The Balaban J connectivity index is 1.96. The zero-order valence-electron chi connectivity index (χ0n) is 9.05. The first-order valence-corrected chi connectivity index (χ1v) is 6.29. The van der Waals surface area contributed by atoms with E-state index < -0.39 is 0 Å². The van der Waals surface area contributed by atoms with Gasteiger partial charge in [0, 0.05) is 24.1 Å². The van der Waals surface area contributed by atoms with Crippen LogP contribution >= 0.6 is 11.8 Å². The maximum Gasteiger partial charge on any atom is 0.0183 e. The Labute approximate surface area is 86.5 Å². The second-order valence-corrected chi connectivity index (χ2v) is 5.26. The minimum atomic E-state index is 0.771. The number of hydrogen-bond donors (Lipinski definition) is 1. The smallest absolute Gasteiger partial charge is 0.0183 e. The molecule has 0 radical (unpaired) electrons. The minimum Gasteiger partial charge on any atom is -0.316 e. The predicted molar refractivity (Wildman–Crippen MR) is 61.5 cm³/mol. The molecule has 78 valence electrons. The van der Waals surface area contributed by atoms with Crippen molar-refractivity contribution >= 4 is 11.8 Å². The summed E-state index contributed by atoms with van der Waals surface area (Å²) in [5, 5.41) is 3.42. The molecule has 1 rings (SSSR count). The van der Waals surface area contributed by atoms with Crippen LogP contribution in [0, 0.1) is 5.92 Å². The summed E-state index contributed by atoms with van der Waals surface area (Å²) in [7, 11) is 6.36. The Morgan fingerprint density at radius 3 is 2.62 bits per heavy atom. The minimum absolute atomic E-state index is 0.771. The van der Waals surface area contributed by atoms with E-state index in [1.165, 1.54) is 30.9 Å². The van der Waals surface area contributed by atoms with Crippen LogP contribution in [0.3, 0.4) is 0 Å². The Morgan fingerprint density at radius 2 is 2.15 bits per heavy atom. The average Bonchev–Trinajstić information content (AvgIpc) is 2.87. The molecule has 0 bridgehead atoms. The highest BCUT2D eigenvalue weighted by atomic mass is 32.2. The van der Waals surface area contributed by atoms with Gasteiger partial charge in [0.15, 0.2) is 0 Å². The van der Waals surface area contributed by atoms with Crippen LogP contribution in [-0.2, 0) is 0 Å². The van der Waals surface area contributed by atoms with Gasteiger partial charge in [-0.15, -0.1) is 0 Å². The van der Waals surface area contributed by atoms with E-state index >= 15 is 0 Å². The normalized spacial score (nSPS) is 19.4. The Morgan fingerprint density at radius 1 is 1.46 bits per heavy atom. The van der Waals surface area contributed by atoms with E-state index in [2.05, 4.69) is 43.1 Å². The average molecular weight is 202 g/mol. The number of nitrogens with one attached hydrogen (secondary N) is 1. The maximum absolute atomic E-state index is 3.42. The molecule has 3 heteroatoms. The molecule has 0 aromatic heterocycles. The summed E-state index contributed by atoms with van der Waals surface area (Å²) in [5.41, 5.74) is 0. The van der Waals surface area contributed by atoms with Gasteiger partial charge < -0.3 is 10.2 Å². The summed E-state index contributed by atoms with van der Waals surface area (Å²) in [6.07, 6.45) is 2.89. The highest BCUT2D eigenvalue weighted by Crippen LogP contribution is 2.33. The highest BCUT2D eigenvalue weighted by Gasteiger charge is 2.29. The van der Waals surface area contributed by atoms with Crippen LogP contribution in [0.25, 0.3) is 0 Å². The van der Waals surface area contributed by atoms with Crippen molar-refractivity contribution in [2.24, 2.45) is 5.92 Å². The third-order valence-corrected chi connectivity index (χ3v) is 3.61. The van der Waals surface area contributed by atoms with Gasteiger partial charge in [-0.2, -0.15) is 11.8 Å². The molecule has 0 aromatic carbocycles. The lowest BCUT2D eigenvalue weighted by atomic mass is 10.2. The monoisotopic (exact) mass is 202 g/mol. The van der Waals surface area contributed by atoms with E-state index in [4.69, 9.17) is 0 Å². The molecule has 0 saturated heterocycles. The van der Waals surface area contributed by atoms with Crippen LogP contribution < -0.4 is 5.32 Å². The number of thioether (sulfide) groups is 1. The number of nitrogens with zero attached hydrogens (tertiary/aromatic N) is 1. The van der Waals surface area contributed by atoms with Gasteiger partial charge in [0.1, 0.15) is 0 Å². The topological polar surface area (TPSA) is 15.3 Å². The van der Waals surface area contributed by atoms with E-state index in [-0.39, 0.29) is 0 Å². The van der Waals surface area contributed by atoms with Gasteiger partial charge in [-0.25, -0.2) is 0 Å². The molecule has 1 unspecified atom stereocenters. The van der Waals surface area contributed by atoms with Crippen molar-refractivity contribution in [3.05, 3.63) is 0 Å². The fourth-order valence-electron chi connectivity index (χ4n) is 1.41. The molecule has 1 aliphatic carbocycles. The van der Waals surface area contributed by atoms with Gasteiger partial charge in [0.05, 0.1) is 0 Å². The Kier molecular flexibility index (Phi) is 5.14. The number of hydrogen-bond acceptors (Lipinski definition) is 3. The van der Waals surface area contributed by atoms with Gasteiger partial charge in [-0.3, -0.25) is 0 Å². The maximum atomic E-state index is 3.42. The van der Waals surface area contributed by atoms with Gasteiger partial charge in [-0.1, -0.05) is 0 Å². The molecule has 0 aromatic rings. The standard InChI is InChI=1S/C10H22N2S/c1-11-10(9-4-5-9)8-13-7-6-12(2)3/h9-11H,4-8H2,1-3H3. The summed E-state index contributed by atoms with van der Waals surface area (Å²) in [4.78, 5) is 2.25. The van der Waals surface area contributed by atoms with E-state index in [9.17, 15) is 0 Å². The molecule has 0 spiro atoms. The van der Waals surface area contributed by atoms with Gasteiger partial charge >= 0.3 is 0 Å². The fourth-order valence-corrected chi connectivity index (χ4v) is 2.76. The lowest BCUT2D eigenvalue weighted by Crippen LogP contribution is -2.30. The largest absolute Gasteiger partial charge is 0.316 e. The molecule has 1 atom stereocenters. The molecular formula is C10H22N2S. The second kappa shape index (κ2) is 5.89. The molecule has 1 saturated carbocycles. The summed E-state index contributed by atoms with van der Waals surface area (Å²) in [6.45, 7) is 1.20. The highest BCUT2D eigenvalue weighted by molar-refractivity contribution is 7.99. The summed E-state index contributed by atoms with van der Waals surface area (Å²) < 4.78 is 0. The lowest BCUT2D eigenvalue weighted by molar-refractivity contribution is 0.437. The zero-order valence-corrected chi connectivity index (χ0v) is 9.86. The molecule has 0 heterocycles. The molecule has 13 heavy (non-hydrogen) atoms. The lowest BCUT2D eigenvalue weighted by Gasteiger charge is -2.15. The molecule has 0 amide bonds. The van der Waals surface area contributed by atoms with Crippen molar-refractivity contribution in [1.82, 2.24) is 10.2 Å². The van der Waals surface area contributed by atoms with Crippen LogP contribution in [0.1, 0.15) is 12.8 Å². The first kappa shape index (κ1) is 11.3. The van der Waals surface area contributed by atoms with Gasteiger partial charge in [0.25, 0.3) is 0 Å². The van der Waals surface area contributed by atoms with Crippen LogP contribution in [-0.4, -0.2) is 50.1 Å². The predicted octanol–water partition coefficient (Wildman–Crippen LogP) is 1.28. The van der Waals surface area contributed by atoms with Gasteiger partial charge in [0.2, 0.25) is 0 Å². The van der Waals surface area contributed by atoms with E-state index in [1.54, 1.807) is 0 Å². The quantitative estimate of drug-likeness (QED) is 0.626. The van der Waals surface area contributed by atoms with Crippen LogP contribution in [0.15, 0.2) is 0 Å². The van der Waals surface area contributed by atoms with Crippen molar-refractivity contribution in [3.63, 3.8) is 0 Å². The molecule has 1 N–H and O–H groups in total. The van der Waals surface area contributed by atoms with E-state index in [1.807, 2.05) is 0 Å². The van der Waals surface area contributed by atoms with Crippen molar-refractivity contribution in [2.45, 2.75) is 18.9 Å². The van der Waals surface area contributed by atoms with E-state index in [0.717, 1.165) is 12.0 Å². The summed E-state index contributed by atoms with van der Waals surface area (Å²) >= 11 is 2.08. The van der Waals surface area contributed by atoms with E-state index in [0.29, 0.717) is 0 Å². The molecule has 1 fully saturated rings. The fraction of sp³-hybridized carbons (Fsp3) is 1.00. The summed E-state index contributed by atoms with van der Waals surface area (Å²) in [5.74, 6) is 3.53. The summed E-state index contributed by atoms with van der Waals surface area (Å²) in [6, 6.07) is 0.771.